The molecule has 0 aromatic carbocycles. The number of carboxylic acids is 1. The Kier molecular flexibility index (Phi) is 3.91. The third-order valence-electron chi connectivity index (χ3n) is 2.48. The number of carboxylic acid groups (broad SMARTS) is 1. The number of anilines is 1. The van der Waals surface area contributed by atoms with Gasteiger partial charge in [-0.25, -0.2) is 14.8 Å². The smallest absolute Gasteiger partial charge is 0.358 e. The van der Waals surface area contributed by atoms with Crippen LogP contribution in [-0.4, -0.2) is 31.5 Å². The van der Waals surface area contributed by atoms with Crippen molar-refractivity contribution in [3.05, 3.63) is 40.0 Å². The van der Waals surface area contributed by atoms with Crippen molar-refractivity contribution in [2.24, 2.45) is 7.05 Å². The van der Waals surface area contributed by atoms with Crippen LogP contribution in [0.25, 0.3) is 0 Å². The molecule has 0 aliphatic rings. The van der Waals surface area contributed by atoms with Gasteiger partial charge in [0.15, 0.2) is 11.5 Å². The van der Waals surface area contributed by atoms with Crippen molar-refractivity contribution in [1.82, 2.24) is 14.5 Å². The first kappa shape index (κ1) is 14.3. The molecular formula is C11H8Cl2N4O3. The SMILES string of the molecule is Cn1c(C(=O)Nc2nccnc2C(=O)O)cc(Cl)c1Cl. The third-order valence-corrected chi connectivity index (χ3v) is 3.32. The number of aromatic nitrogens is 3. The lowest BCUT2D eigenvalue weighted by Crippen LogP contribution is -2.19. The molecule has 0 fully saturated rings. The summed E-state index contributed by atoms with van der Waals surface area (Å²) in [5, 5.41) is 11.7. The van der Waals surface area contributed by atoms with Gasteiger partial charge in [0.1, 0.15) is 10.8 Å². The summed E-state index contributed by atoms with van der Waals surface area (Å²) in [6.07, 6.45) is 2.49. The lowest BCUT2D eigenvalue weighted by Gasteiger charge is -2.07. The molecule has 0 aliphatic carbocycles. The maximum Gasteiger partial charge on any atom is 0.358 e. The van der Waals surface area contributed by atoms with E-state index in [2.05, 4.69) is 15.3 Å². The molecule has 0 atom stereocenters. The van der Waals surface area contributed by atoms with E-state index in [0.29, 0.717) is 0 Å². The maximum absolute atomic E-state index is 12.1. The van der Waals surface area contributed by atoms with Crippen LogP contribution in [0.15, 0.2) is 18.5 Å². The van der Waals surface area contributed by atoms with E-state index >= 15 is 0 Å². The van der Waals surface area contributed by atoms with Crippen LogP contribution < -0.4 is 5.32 Å². The zero-order valence-electron chi connectivity index (χ0n) is 10.1. The normalized spacial score (nSPS) is 10.3. The van der Waals surface area contributed by atoms with Gasteiger partial charge in [-0.05, 0) is 6.07 Å². The monoisotopic (exact) mass is 314 g/mol. The highest BCUT2D eigenvalue weighted by Crippen LogP contribution is 2.25. The van der Waals surface area contributed by atoms with Gasteiger partial charge in [0.25, 0.3) is 5.91 Å². The first-order valence-electron chi connectivity index (χ1n) is 5.28. The fraction of sp³-hybridized carbons (Fsp3) is 0.0909. The molecule has 0 saturated carbocycles. The first-order chi connectivity index (χ1) is 9.41. The second kappa shape index (κ2) is 5.48. The maximum atomic E-state index is 12.1. The van der Waals surface area contributed by atoms with Gasteiger partial charge in [0.05, 0.1) is 5.02 Å². The molecule has 0 bridgehead atoms. The zero-order valence-corrected chi connectivity index (χ0v) is 11.6. The van der Waals surface area contributed by atoms with Crippen LogP contribution in [0, 0.1) is 0 Å². The van der Waals surface area contributed by atoms with E-state index in [9.17, 15) is 9.59 Å². The number of aromatic carboxylic acids is 1. The minimum absolute atomic E-state index is 0.154. The molecule has 0 spiro atoms. The van der Waals surface area contributed by atoms with Gasteiger partial charge >= 0.3 is 5.97 Å². The van der Waals surface area contributed by atoms with E-state index in [0.717, 1.165) is 0 Å². The third kappa shape index (κ3) is 2.59. The number of hydrogen-bond donors (Lipinski definition) is 2. The number of hydrogen-bond acceptors (Lipinski definition) is 4. The van der Waals surface area contributed by atoms with Gasteiger partial charge in [-0.1, -0.05) is 23.2 Å². The molecule has 104 valence electrons. The van der Waals surface area contributed by atoms with Gasteiger partial charge in [-0.2, -0.15) is 0 Å². The molecular weight excluding hydrogens is 307 g/mol. The summed E-state index contributed by atoms with van der Waals surface area (Å²) in [6.45, 7) is 0. The van der Waals surface area contributed by atoms with Crippen molar-refractivity contribution in [3.8, 4) is 0 Å². The fourth-order valence-electron chi connectivity index (χ4n) is 1.52. The Morgan fingerprint density at radius 2 is 1.95 bits per heavy atom. The molecule has 0 radical (unpaired) electrons. The van der Waals surface area contributed by atoms with Gasteiger partial charge in [-0.3, -0.25) is 4.79 Å². The van der Waals surface area contributed by atoms with Crippen LogP contribution in [0.3, 0.4) is 0 Å². The van der Waals surface area contributed by atoms with Crippen molar-refractivity contribution in [1.29, 1.82) is 0 Å². The summed E-state index contributed by atoms with van der Waals surface area (Å²) in [5.74, 6) is -2.04. The topological polar surface area (TPSA) is 97.1 Å². The zero-order chi connectivity index (χ0) is 14.9. The molecule has 2 N–H and O–H groups in total. The molecule has 20 heavy (non-hydrogen) atoms. The minimum atomic E-state index is -1.30. The van der Waals surface area contributed by atoms with Crippen LogP contribution >= 0.6 is 23.2 Å². The summed E-state index contributed by atoms with van der Waals surface area (Å²) in [6, 6.07) is 1.37. The number of carbonyl (C=O) groups is 2. The quantitative estimate of drug-likeness (QED) is 0.903. The second-order valence-electron chi connectivity index (χ2n) is 3.74. The van der Waals surface area contributed by atoms with E-state index in [1.54, 1.807) is 7.05 Å². The highest BCUT2D eigenvalue weighted by atomic mass is 35.5. The Morgan fingerprint density at radius 3 is 2.50 bits per heavy atom. The van der Waals surface area contributed by atoms with Gasteiger partial charge < -0.3 is 15.0 Å². The van der Waals surface area contributed by atoms with E-state index in [-0.39, 0.29) is 27.4 Å². The Bertz CT molecular complexity index is 699. The Balaban J connectivity index is 2.33. The molecule has 9 heteroatoms. The predicted molar refractivity (Wildman–Crippen MR) is 72.4 cm³/mol. The summed E-state index contributed by atoms with van der Waals surface area (Å²) in [5.41, 5.74) is -0.186. The van der Waals surface area contributed by atoms with E-state index < -0.39 is 11.9 Å². The van der Waals surface area contributed by atoms with E-state index in [1.165, 1.54) is 23.0 Å². The highest BCUT2D eigenvalue weighted by molar-refractivity contribution is 6.42. The lowest BCUT2D eigenvalue weighted by molar-refractivity contribution is 0.0691. The van der Waals surface area contributed by atoms with Crippen LogP contribution in [0.4, 0.5) is 5.82 Å². The second-order valence-corrected chi connectivity index (χ2v) is 4.51. The standard InChI is InChI=1S/C11H8Cl2N4O3/c1-17-6(4-5(12)8(17)13)10(18)16-9-7(11(19)20)14-2-3-15-9/h2-4H,1H3,(H,19,20)(H,15,16,18). The van der Waals surface area contributed by atoms with E-state index in [1.807, 2.05) is 0 Å². The molecule has 2 rings (SSSR count). The fourth-order valence-corrected chi connectivity index (χ4v) is 1.89. The molecule has 2 aromatic rings. The number of amides is 1. The average Bonchev–Trinajstić information content (AvgIpc) is 2.67. The number of nitrogens with zero attached hydrogens (tertiary/aromatic N) is 3. The van der Waals surface area contributed by atoms with Gasteiger partial charge in [0.2, 0.25) is 0 Å². The van der Waals surface area contributed by atoms with Crippen LogP contribution in [0.1, 0.15) is 21.0 Å². The summed E-state index contributed by atoms with van der Waals surface area (Å²) < 4.78 is 1.37. The van der Waals surface area contributed by atoms with Crippen molar-refractivity contribution in [2.45, 2.75) is 0 Å². The number of rotatable bonds is 3. The Morgan fingerprint density at radius 1 is 1.30 bits per heavy atom. The molecule has 7 nitrogen and oxygen atoms in total. The van der Waals surface area contributed by atoms with Crippen LogP contribution in [0.5, 0.6) is 0 Å². The van der Waals surface area contributed by atoms with Crippen LogP contribution in [0.2, 0.25) is 10.2 Å². The average molecular weight is 315 g/mol. The van der Waals surface area contributed by atoms with Crippen LogP contribution in [-0.2, 0) is 7.05 Å². The number of halogens is 2. The largest absolute Gasteiger partial charge is 0.476 e. The molecule has 0 aliphatic heterocycles. The first-order valence-corrected chi connectivity index (χ1v) is 6.03. The van der Waals surface area contributed by atoms with E-state index in [4.69, 9.17) is 28.3 Å². The van der Waals surface area contributed by atoms with Gasteiger partial charge in [-0.15, -0.1) is 0 Å². The molecule has 0 unspecified atom stereocenters. The minimum Gasteiger partial charge on any atom is -0.476 e. The van der Waals surface area contributed by atoms with Gasteiger partial charge in [0, 0.05) is 19.4 Å². The van der Waals surface area contributed by atoms with Crippen molar-refractivity contribution in [2.75, 3.05) is 5.32 Å². The molecule has 1 amide bonds. The summed E-state index contributed by atoms with van der Waals surface area (Å²) in [4.78, 5) is 30.4. The Labute approximate surface area is 123 Å². The number of carbonyl (C=O) groups excluding carboxylic acids is 1. The van der Waals surface area contributed by atoms with Crippen molar-refractivity contribution in [3.63, 3.8) is 0 Å². The highest BCUT2D eigenvalue weighted by Gasteiger charge is 2.19. The molecule has 2 aromatic heterocycles. The number of nitrogens with one attached hydrogen (secondary N) is 1. The molecule has 2 heterocycles. The molecule has 0 saturated heterocycles. The summed E-state index contributed by atoms with van der Waals surface area (Å²) in [7, 11) is 1.55. The summed E-state index contributed by atoms with van der Waals surface area (Å²) >= 11 is 11.7. The van der Waals surface area contributed by atoms with Crippen molar-refractivity contribution < 1.29 is 14.7 Å². The Hall–Kier alpha value is -2.12. The predicted octanol–water partition coefficient (Wildman–Crippen LogP) is 2.07. The lowest BCUT2D eigenvalue weighted by atomic mass is 10.3. The van der Waals surface area contributed by atoms with Crippen molar-refractivity contribution >= 4 is 40.9 Å².